The molecule has 0 saturated carbocycles. The zero-order chi connectivity index (χ0) is 10.7. The number of aromatic nitrogens is 6. The Hall–Kier alpha value is -1.72. The maximum Gasteiger partial charge on any atom is 0.137 e. The average molecular weight is 206 g/mol. The van der Waals surface area contributed by atoms with Crippen LogP contribution in [-0.4, -0.2) is 29.5 Å². The number of hydrogen-bond donors (Lipinski definition) is 0. The quantitative estimate of drug-likeness (QED) is 0.738. The van der Waals surface area contributed by atoms with Crippen LogP contribution >= 0.6 is 0 Å². The van der Waals surface area contributed by atoms with Crippen LogP contribution in [0.1, 0.15) is 20.3 Å². The van der Waals surface area contributed by atoms with Gasteiger partial charge in [-0.1, -0.05) is 0 Å². The summed E-state index contributed by atoms with van der Waals surface area (Å²) in [7, 11) is 0. The molecule has 15 heavy (non-hydrogen) atoms. The minimum absolute atomic E-state index is 0.0531. The van der Waals surface area contributed by atoms with E-state index in [1.54, 1.807) is 25.3 Å². The van der Waals surface area contributed by atoms with Gasteiger partial charge in [0.25, 0.3) is 0 Å². The van der Waals surface area contributed by atoms with Crippen LogP contribution in [0.2, 0.25) is 0 Å². The number of nitrogens with zero attached hydrogens (tertiary/aromatic N) is 6. The second-order valence-electron chi connectivity index (χ2n) is 4.06. The molecule has 0 saturated heterocycles. The molecule has 2 rings (SSSR count). The van der Waals surface area contributed by atoms with E-state index in [1.165, 1.54) is 0 Å². The van der Waals surface area contributed by atoms with Crippen LogP contribution in [0.15, 0.2) is 25.3 Å². The lowest BCUT2D eigenvalue weighted by Gasteiger charge is -2.24. The van der Waals surface area contributed by atoms with Gasteiger partial charge in [0.15, 0.2) is 0 Å². The molecular formula is C9H14N6. The highest BCUT2D eigenvalue weighted by molar-refractivity contribution is 4.77. The van der Waals surface area contributed by atoms with Gasteiger partial charge in [0.1, 0.15) is 25.3 Å². The van der Waals surface area contributed by atoms with Gasteiger partial charge in [0.05, 0.1) is 5.54 Å². The monoisotopic (exact) mass is 206 g/mol. The Morgan fingerprint density at radius 1 is 1.07 bits per heavy atom. The van der Waals surface area contributed by atoms with E-state index < -0.39 is 0 Å². The predicted octanol–water partition coefficient (Wildman–Crippen LogP) is 0.695. The summed E-state index contributed by atoms with van der Waals surface area (Å²) in [5.41, 5.74) is -0.0531. The summed E-state index contributed by atoms with van der Waals surface area (Å²) in [6, 6.07) is 0. The first-order valence-electron chi connectivity index (χ1n) is 4.86. The van der Waals surface area contributed by atoms with Gasteiger partial charge in [-0.15, -0.1) is 0 Å². The van der Waals surface area contributed by atoms with Crippen molar-refractivity contribution in [2.45, 2.75) is 32.4 Å². The third kappa shape index (κ3) is 2.20. The van der Waals surface area contributed by atoms with Gasteiger partial charge in [-0.05, 0) is 20.3 Å². The van der Waals surface area contributed by atoms with E-state index in [4.69, 9.17) is 0 Å². The molecule has 2 heterocycles. The number of hydrogen-bond acceptors (Lipinski definition) is 4. The van der Waals surface area contributed by atoms with Crippen molar-refractivity contribution in [2.24, 2.45) is 0 Å². The van der Waals surface area contributed by atoms with Crippen molar-refractivity contribution in [3.63, 3.8) is 0 Å². The lowest BCUT2D eigenvalue weighted by atomic mass is 10.0. The maximum atomic E-state index is 4.15. The van der Waals surface area contributed by atoms with E-state index in [0.717, 1.165) is 13.0 Å². The van der Waals surface area contributed by atoms with Crippen molar-refractivity contribution >= 4 is 0 Å². The summed E-state index contributed by atoms with van der Waals surface area (Å²) in [4.78, 5) is 7.85. The standard InChI is InChI=1S/C9H14N6/c1-9(2,15-8-11-6-13-15)3-4-14-7-10-5-12-14/h5-8H,3-4H2,1-2H3. The Kier molecular flexibility index (Phi) is 2.49. The number of aryl methyl sites for hydroxylation is 1. The van der Waals surface area contributed by atoms with E-state index in [9.17, 15) is 0 Å². The molecular weight excluding hydrogens is 192 g/mol. The van der Waals surface area contributed by atoms with Gasteiger partial charge in [-0.3, -0.25) is 4.68 Å². The summed E-state index contributed by atoms with van der Waals surface area (Å²) in [6.07, 6.45) is 7.48. The van der Waals surface area contributed by atoms with Crippen molar-refractivity contribution in [1.29, 1.82) is 0 Å². The number of rotatable bonds is 4. The smallest absolute Gasteiger partial charge is 0.137 e. The van der Waals surface area contributed by atoms with E-state index in [2.05, 4.69) is 34.0 Å². The molecule has 6 heteroatoms. The Balaban J connectivity index is 1.99. The van der Waals surface area contributed by atoms with Gasteiger partial charge < -0.3 is 0 Å². The lowest BCUT2D eigenvalue weighted by molar-refractivity contribution is 0.273. The SMILES string of the molecule is CC(C)(CCn1cncn1)n1cncn1. The zero-order valence-electron chi connectivity index (χ0n) is 8.91. The summed E-state index contributed by atoms with van der Waals surface area (Å²) >= 11 is 0. The first kappa shape index (κ1) is 9.82. The largest absolute Gasteiger partial charge is 0.253 e. The molecule has 2 aromatic heterocycles. The molecule has 0 bridgehead atoms. The van der Waals surface area contributed by atoms with Crippen molar-refractivity contribution < 1.29 is 0 Å². The zero-order valence-corrected chi connectivity index (χ0v) is 8.91. The summed E-state index contributed by atoms with van der Waals surface area (Å²) < 4.78 is 3.68. The average Bonchev–Trinajstić information content (AvgIpc) is 2.88. The maximum absolute atomic E-state index is 4.15. The normalized spacial score (nSPS) is 11.9. The van der Waals surface area contributed by atoms with Gasteiger partial charge >= 0.3 is 0 Å². The van der Waals surface area contributed by atoms with E-state index in [0.29, 0.717) is 0 Å². The Bertz CT molecular complexity index is 388. The van der Waals surface area contributed by atoms with Crippen LogP contribution in [0.5, 0.6) is 0 Å². The fraction of sp³-hybridized carbons (Fsp3) is 0.556. The molecule has 0 fully saturated rings. The molecule has 0 spiro atoms. The minimum atomic E-state index is -0.0531. The van der Waals surface area contributed by atoms with Gasteiger partial charge in [0, 0.05) is 6.54 Å². The van der Waals surface area contributed by atoms with Crippen LogP contribution in [0.25, 0.3) is 0 Å². The Morgan fingerprint density at radius 2 is 1.80 bits per heavy atom. The highest BCUT2D eigenvalue weighted by Gasteiger charge is 2.20. The molecule has 0 unspecified atom stereocenters. The Labute approximate surface area is 88.0 Å². The van der Waals surface area contributed by atoms with E-state index in [1.807, 2.05) is 9.36 Å². The molecule has 0 aromatic carbocycles. The van der Waals surface area contributed by atoms with Crippen molar-refractivity contribution in [2.75, 3.05) is 0 Å². The van der Waals surface area contributed by atoms with E-state index in [-0.39, 0.29) is 5.54 Å². The second-order valence-corrected chi connectivity index (χ2v) is 4.06. The summed E-state index contributed by atoms with van der Waals surface area (Å²) in [5, 5.41) is 8.21. The third-order valence-corrected chi connectivity index (χ3v) is 2.46. The molecule has 0 aliphatic carbocycles. The third-order valence-electron chi connectivity index (χ3n) is 2.46. The lowest BCUT2D eigenvalue weighted by Crippen LogP contribution is -2.28. The van der Waals surface area contributed by atoms with E-state index >= 15 is 0 Å². The van der Waals surface area contributed by atoms with Gasteiger partial charge in [-0.2, -0.15) is 10.2 Å². The molecule has 0 N–H and O–H groups in total. The fourth-order valence-corrected chi connectivity index (χ4v) is 1.37. The highest BCUT2D eigenvalue weighted by Crippen LogP contribution is 2.18. The fourth-order valence-electron chi connectivity index (χ4n) is 1.37. The van der Waals surface area contributed by atoms with Gasteiger partial charge in [-0.25, -0.2) is 14.6 Å². The predicted molar refractivity (Wildman–Crippen MR) is 54.0 cm³/mol. The van der Waals surface area contributed by atoms with Crippen molar-refractivity contribution in [3.05, 3.63) is 25.3 Å². The first-order valence-corrected chi connectivity index (χ1v) is 4.86. The molecule has 0 aliphatic rings. The van der Waals surface area contributed by atoms with Crippen LogP contribution < -0.4 is 0 Å². The molecule has 0 amide bonds. The van der Waals surface area contributed by atoms with Crippen LogP contribution in [-0.2, 0) is 12.1 Å². The molecule has 0 aliphatic heterocycles. The van der Waals surface area contributed by atoms with Gasteiger partial charge in [0.2, 0.25) is 0 Å². The molecule has 0 atom stereocenters. The summed E-state index contributed by atoms with van der Waals surface area (Å²) in [6.45, 7) is 5.07. The van der Waals surface area contributed by atoms with Crippen molar-refractivity contribution in [1.82, 2.24) is 29.5 Å². The topological polar surface area (TPSA) is 61.4 Å². The molecule has 80 valence electrons. The minimum Gasteiger partial charge on any atom is -0.253 e. The Morgan fingerprint density at radius 3 is 2.40 bits per heavy atom. The first-order chi connectivity index (χ1) is 7.18. The second kappa shape index (κ2) is 3.80. The van der Waals surface area contributed by atoms with Crippen LogP contribution in [0.3, 0.4) is 0 Å². The van der Waals surface area contributed by atoms with Crippen molar-refractivity contribution in [3.8, 4) is 0 Å². The molecule has 0 radical (unpaired) electrons. The highest BCUT2D eigenvalue weighted by atomic mass is 15.4. The van der Waals surface area contributed by atoms with Crippen LogP contribution in [0, 0.1) is 0 Å². The summed E-state index contributed by atoms with van der Waals surface area (Å²) in [5.74, 6) is 0. The molecule has 6 nitrogen and oxygen atoms in total. The molecule has 2 aromatic rings. The van der Waals surface area contributed by atoms with Crippen LogP contribution in [0.4, 0.5) is 0 Å².